The first-order valence-electron chi connectivity index (χ1n) is 11.3. The Morgan fingerprint density at radius 1 is 1.37 bits per heavy atom. The SMILES string of the molecule is CCOC(=O)C1=C(CN2CCOCC2C(=O)O)NC(c2ncc(C(F)(F)F)s2)=NC1c1ccc(F)cc1Br. The summed E-state index contributed by atoms with van der Waals surface area (Å²) >= 11 is 3.64. The minimum absolute atomic E-state index is 0.00568. The van der Waals surface area contributed by atoms with E-state index in [2.05, 4.69) is 31.2 Å². The van der Waals surface area contributed by atoms with E-state index in [0.717, 1.165) is 6.07 Å². The van der Waals surface area contributed by atoms with Gasteiger partial charge in [-0.2, -0.15) is 13.2 Å². The first kappa shape index (κ1) is 28.1. The molecule has 0 amide bonds. The first-order valence-corrected chi connectivity index (χ1v) is 12.9. The number of aromatic nitrogens is 1. The number of carbonyl (C=O) groups excluding carboxylic acids is 1. The minimum atomic E-state index is -4.62. The summed E-state index contributed by atoms with van der Waals surface area (Å²) in [4.78, 5) is 34.0. The predicted molar refractivity (Wildman–Crippen MR) is 131 cm³/mol. The third-order valence-electron chi connectivity index (χ3n) is 5.75. The number of nitrogens with one attached hydrogen (secondary N) is 1. The van der Waals surface area contributed by atoms with Crippen molar-refractivity contribution >= 4 is 45.0 Å². The Kier molecular flexibility index (Phi) is 8.49. The number of hydrogen-bond donors (Lipinski definition) is 2. The lowest BCUT2D eigenvalue weighted by Crippen LogP contribution is -2.52. The van der Waals surface area contributed by atoms with Crippen molar-refractivity contribution in [1.29, 1.82) is 0 Å². The maximum atomic E-state index is 13.9. The van der Waals surface area contributed by atoms with Crippen molar-refractivity contribution in [2.24, 2.45) is 4.99 Å². The van der Waals surface area contributed by atoms with E-state index in [4.69, 9.17) is 9.47 Å². The standard InChI is InChI=1S/C23H21BrF4N4O5S/c1-2-37-22(35)17-14(9-32-5-6-36-10-15(32)21(33)34)30-19(20-29-8-16(38-20)23(26,27)28)31-18(17)12-4-3-11(25)7-13(12)24/h3-4,7-8,15,18H,2,5-6,9-10H2,1H3,(H,30,31)(H,33,34). The number of aliphatic carboxylic acids is 1. The Balaban J connectivity index is 1.85. The number of ether oxygens (including phenoxy) is 2. The van der Waals surface area contributed by atoms with E-state index in [1.807, 2.05) is 0 Å². The summed E-state index contributed by atoms with van der Waals surface area (Å²) in [7, 11) is 0. The molecule has 2 aliphatic rings. The molecule has 2 aromatic rings. The molecule has 0 bridgehead atoms. The highest BCUT2D eigenvalue weighted by molar-refractivity contribution is 9.10. The quantitative estimate of drug-likeness (QED) is 0.355. The summed E-state index contributed by atoms with van der Waals surface area (Å²) in [6, 6.07) is 1.57. The molecule has 2 atom stereocenters. The Morgan fingerprint density at radius 2 is 2.13 bits per heavy atom. The number of carboxylic acid groups (broad SMARTS) is 1. The molecule has 3 heterocycles. The molecule has 1 fully saturated rings. The molecule has 2 N–H and O–H groups in total. The zero-order valence-electron chi connectivity index (χ0n) is 19.7. The van der Waals surface area contributed by atoms with Crippen LogP contribution in [0.1, 0.15) is 28.4 Å². The van der Waals surface area contributed by atoms with Gasteiger partial charge in [-0.15, -0.1) is 11.3 Å². The second-order valence-corrected chi connectivity index (χ2v) is 10.1. The van der Waals surface area contributed by atoms with Crippen LogP contribution in [-0.4, -0.2) is 71.7 Å². The van der Waals surface area contributed by atoms with E-state index < -0.39 is 40.9 Å². The summed E-state index contributed by atoms with van der Waals surface area (Å²) in [5.41, 5.74) is 0.521. The third-order valence-corrected chi connectivity index (χ3v) is 7.49. The molecule has 204 valence electrons. The number of nitrogens with zero attached hydrogens (tertiary/aromatic N) is 3. The molecular formula is C23H21BrF4N4O5S. The summed E-state index contributed by atoms with van der Waals surface area (Å²) in [6.45, 7) is 1.86. The van der Waals surface area contributed by atoms with Gasteiger partial charge in [0.2, 0.25) is 0 Å². The van der Waals surface area contributed by atoms with Gasteiger partial charge < -0.3 is 19.9 Å². The summed E-state index contributed by atoms with van der Waals surface area (Å²) in [5.74, 6) is -2.53. The molecule has 0 radical (unpaired) electrons. The average molecular weight is 621 g/mol. The van der Waals surface area contributed by atoms with Crippen LogP contribution in [0.3, 0.4) is 0 Å². The van der Waals surface area contributed by atoms with Crippen LogP contribution in [0.4, 0.5) is 17.6 Å². The van der Waals surface area contributed by atoms with Gasteiger partial charge in [-0.1, -0.05) is 22.0 Å². The molecule has 38 heavy (non-hydrogen) atoms. The number of alkyl halides is 3. The van der Waals surface area contributed by atoms with Crippen LogP contribution >= 0.6 is 27.3 Å². The molecule has 1 saturated heterocycles. The van der Waals surface area contributed by atoms with Crippen molar-refractivity contribution in [1.82, 2.24) is 15.2 Å². The van der Waals surface area contributed by atoms with Crippen molar-refractivity contribution < 1.29 is 41.7 Å². The van der Waals surface area contributed by atoms with Crippen molar-refractivity contribution in [3.63, 3.8) is 0 Å². The number of halogens is 5. The summed E-state index contributed by atoms with van der Waals surface area (Å²) in [5, 5.41) is 12.5. The van der Waals surface area contributed by atoms with Gasteiger partial charge in [0.1, 0.15) is 22.8 Å². The van der Waals surface area contributed by atoms with Crippen molar-refractivity contribution in [2.75, 3.05) is 32.9 Å². The van der Waals surface area contributed by atoms with E-state index in [1.54, 1.807) is 11.8 Å². The van der Waals surface area contributed by atoms with Gasteiger partial charge in [0.15, 0.2) is 10.8 Å². The van der Waals surface area contributed by atoms with Crippen LogP contribution in [0.5, 0.6) is 0 Å². The molecule has 1 aromatic carbocycles. The van der Waals surface area contributed by atoms with Crippen LogP contribution in [0, 0.1) is 5.82 Å². The lowest BCUT2D eigenvalue weighted by Gasteiger charge is -2.35. The number of amidine groups is 1. The van der Waals surface area contributed by atoms with Gasteiger partial charge in [-0.3, -0.25) is 14.7 Å². The number of thiazole rings is 1. The maximum Gasteiger partial charge on any atom is 0.427 e. The number of morpholine rings is 1. The van der Waals surface area contributed by atoms with Crippen molar-refractivity contribution in [3.8, 4) is 0 Å². The Labute approximate surface area is 226 Å². The van der Waals surface area contributed by atoms with Crippen LogP contribution in [0.15, 0.2) is 45.1 Å². The van der Waals surface area contributed by atoms with E-state index in [9.17, 15) is 32.3 Å². The Hall–Kier alpha value is -2.88. The lowest BCUT2D eigenvalue weighted by molar-refractivity contribution is -0.149. The summed E-state index contributed by atoms with van der Waals surface area (Å²) < 4.78 is 64.5. The van der Waals surface area contributed by atoms with Crippen LogP contribution in [0.25, 0.3) is 0 Å². The lowest BCUT2D eigenvalue weighted by atomic mass is 9.95. The number of benzene rings is 1. The van der Waals surface area contributed by atoms with E-state index >= 15 is 0 Å². The van der Waals surface area contributed by atoms with Gasteiger partial charge in [-0.25, -0.2) is 14.2 Å². The largest absolute Gasteiger partial charge is 0.480 e. The van der Waals surface area contributed by atoms with Crippen molar-refractivity contribution in [3.05, 3.63) is 61.4 Å². The number of carbonyl (C=O) groups is 2. The normalized spacial score (nSPS) is 20.6. The van der Waals surface area contributed by atoms with Crippen LogP contribution < -0.4 is 5.32 Å². The average Bonchev–Trinajstić information content (AvgIpc) is 3.35. The maximum absolute atomic E-state index is 13.9. The minimum Gasteiger partial charge on any atom is -0.480 e. The molecule has 9 nitrogen and oxygen atoms in total. The number of aliphatic imine (C=N–C) groups is 1. The zero-order valence-corrected chi connectivity index (χ0v) is 22.1. The Morgan fingerprint density at radius 3 is 2.76 bits per heavy atom. The molecule has 0 saturated carbocycles. The molecule has 2 aliphatic heterocycles. The number of rotatable bonds is 7. The van der Waals surface area contributed by atoms with Crippen LogP contribution in [-0.2, 0) is 25.2 Å². The molecule has 1 aromatic heterocycles. The second kappa shape index (κ2) is 11.5. The fourth-order valence-electron chi connectivity index (χ4n) is 4.00. The number of carboxylic acids is 1. The number of hydrogen-bond acceptors (Lipinski definition) is 9. The molecule has 0 aliphatic carbocycles. The smallest absolute Gasteiger partial charge is 0.427 e. The van der Waals surface area contributed by atoms with Gasteiger partial charge in [-0.05, 0) is 24.6 Å². The van der Waals surface area contributed by atoms with E-state index in [-0.39, 0.29) is 59.5 Å². The molecule has 0 spiro atoms. The van der Waals surface area contributed by atoms with E-state index in [0.29, 0.717) is 23.1 Å². The van der Waals surface area contributed by atoms with Gasteiger partial charge in [0.25, 0.3) is 0 Å². The molecule has 15 heteroatoms. The van der Waals surface area contributed by atoms with Crippen LogP contribution in [0.2, 0.25) is 0 Å². The fraction of sp³-hybridized carbons (Fsp3) is 0.391. The highest BCUT2D eigenvalue weighted by Gasteiger charge is 2.38. The second-order valence-electron chi connectivity index (χ2n) is 8.21. The van der Waals surface area contributed by atoms with Gasteiger partial charge in [0, 0.05) is 23.3 Å². The highest BCUT2D eigenvalue weighted by atomic mass is 79.9. The summed E-state index contributed by atoms with van der Waals surface area (Å²) in [6.07, 6.45) is -3.94. The third kappa shape index (κ3) is 6.06. The Bertz CT molecular complexity index is 1300. The van der Waals surface area contributed by atoms with Crippen molar-refractivity contribution in [2.45, 2.75) is 25.2 Å². The van der Waals surface area contributed by atoms with Gasteiger partial charge >= 0.3 is 18.1 Å². The number of esters is 1. The molecule has 4 rings (SSSR count). The molecule has 2 unspecified atom stereocenters. The zero-order chi connectivity index (χ0) is 27.6. The van der Waals surface area contributed by atoms with Gasteiger partial charge in [0.05, 0.1) is 31.6 Å². The molecular weight excluding hydrogens is 600 g/mol. The fourth-order valence-corrected chi connectivity index (χ4v) is 5.30. The predicted octanol–water partition coefficient (Wildman–Crippen LogP) is 3.76. The van der Waals surface area contributed by atoms with E-state index in [1.165, 1.54) is 12.1 Å². The topological polar surface area (TPSA) is 113 Å². The highest BCUT2D eigenvalue weighted by Crippen LogP contribution is 2.38. The monoisotopic (exact) mass is 620 g/mol. The first-order chi connectivity index (χ1) is 18.0.